The van der Waals surface area contributed by atoms with Crippen molar-refractivity contribution in [3.63, 3.8) is 0 Å². The maximum atomic E-state index is 11.7. The lowest BCUT2D eigenvalue weighted by molar-refractivity contribution is -0.138. The first-order chi connectivity index (χ1) is 11.0. The van der Waals surface area contributed by atoms with Gasteiger partial charge in [-0.2, -0.15) is 0 Å². The molecule has 0 heterocycles. The van der Waals surface area contributed by atoms with E-state index in [2.05, 4.69) is 17.2 Å². The van der Waals surface area contributed by atoms with Crippen LogP contribution in [-0.4, -0.2) is 47.1 Å². The maximum absolute atomic E-state index is 11.7. The molecule has 0 aliphatic rings. The number of nitrogens with two attached hydrogens (primary N) is 2. The highest BCUT2D eigenvalue weighted by Gasteiger charge is 2.16. The second kappa shape index (κ2) is 10.8. The van der Waals surface area contributed by atoms with Crippen LogP contribution in [-0.2, 0) is 14.4 Å². The highest BCUT2D eigenvalue weighted by molar-refractivity contribution is 5.81. The molecule has 0 saturated carbocycles. The summed E-state index contributed by atoms with van der Waals surface area (Å²) in [5.74, 6) is -1.58. The van der Waals surface area contributed by atoms with Gasteiger partial charge in [0.25, 0.3) is 0 Å². The molecule has 4 atom stereocenters. The number of hydrogen-bond acceptors (Lipinski definition) is 5. The van der Waals surface area contributed by atoms with E-state index in [0.717, 1.165) is 5.57 Å². The van der Waals surface area contributed by atoms with Crippen LogP contribution >= 0.6 is 0 Å². The molecule has 0 radical (unpaired) electrons. The maximum Gasteiger partial charge on any atom is 0.320 e. The minimum absolute atomic E-state index is 0.0606. The third kappa shape index (κ3) is 9.96. The molecule has 0 aliphatic carbocycles. The molecule has 8 nitrogen and oxygen atoms in total. The van der Waals surface area contributed by atoms with Gasteiger partial charge >= 0.3 is 5.97 Å². The Morgan fingerprint density at radius 2 is 1.54 bits per heavy atom. The molecule has 138 valence electrons. The summed E-state index contributed by atoms with van der Waals surface area (Å²) >= 11 is 0. The van der Waals surface area contributed by atoms with Gasteiger partial charge in [0.1, 0.15) is 6.04 Å². The van der Waals surface area contributed by atoms with E-state index in [4.69, 9.17) is 16.6 Å². The number of nitrogens with one attached hydrogen (secondary N) is 2. The Balaban J connectivity index is 4.11. The number of carboxylic acid groups (broad SMARTS) is 1. The lowest BCUT2D eigenvalue weighted by Gasteiger charge is -2.20. The van der Waals surface area contributed by atoms with Crippen LogP contribution in [0.2, 0.25) is 0 Å². The van der Waals surface area contributed by atoms with Crippen LogP contribution in [0.4, 0.5) is 0 Å². The zero-order chi connectivity index (χ0) is 18.9. The smallest absolute Gasteiger partial charge is 0.320 e. The van der Waals surface area contributed by atoms with Crippen LogP contribution in [0.5, 0.6) is 0 Å². The van der Waals surface area contributed by atoms with E-state index in [1.54, 1.807) is 6.92 Å². The fraction of sp³-hybridized carbons (Fsp3) is 0.688. The van der Waals surface area contributed by atoms with Crippen LogP contribution in [0.3, 0.4) is 0 Å². The zero-order valence-corrected chi connectivity index (χ0v) is 14.7. The van der Waals surface area contributed by atoms with Crippen molar-refractivity contribution < 1.29 is 19.5 Å². The van der Waals surface area contributed by atoms with Gasteiger partial charge in [-0.15, -0.1) is 0 Å². The first-order valence-electron chi connectivity index (χ1n) is 8.03. The summed E-state index contributed by atoms with van der Waals surface area (Å²) in [5.41, 5.74) is 11.7. The predicted octanol–water partition coefficient (Wildman–Crippen LogP) is -0.128. The average molecular weight is 342 g/mol. The Labute approximate surface area is 143 Å². The fourth-order valence-corrected chi connectivity index (χ4v) is 2.18. The van der Waals surface area contributed by atoms with Crippen molar-refractivity contribution in [3.05, 3.63) is 12.2 Å². The van der Waals surface area contributed by atoms with Gasteiger partial charge in [-0.25, -0.2) is 0 Å². The molecule has 2 amide bonds. The summed E-state index contributed by atoms with van der Waals surface area (Å²) in [5, 5.41) is 14.2. The van der Waals surface area contributed by atoms with Gasteiger partial charge in [0.15, 0.2) is 0 Å². The molecule has 0 aliphatic heterocycles. The monoisotopic (exact) mass is 342 g/mol. The number of carbonyl (C=O) groups is 3. The number of carboxylic acids is 1. The molecule has 24 heavy (non-hydrogen) atoms. The summed E-state index contributed by atoms with van der Waals surface area (Å²) in [6.45, 7) is 9.28. The lowest BCUT2D eigenvalue weighted by atomic mass is 10.0. The number of hydrogen-bond donors (Lipinski definition) is 5. The van der Waals surface area contributed by atoms with E-state index in [1.807, 2.05) is 13.8 Å². The molecule has 0 aromatic rings. The van der Waals surface area contributed by atoms with Crippen LogP contribution in [0.15, 0.2) is 12.2 Å². The Morgan fingerprint density at radius 1 is 1.04 bits per heavy atom. The van der Waals surface area contributed by atoms with E-state index in [0.29, 0.717) is 12.8 Å². The number of rotatable bonds is 11. The summed E-state index contributed by atoms with van der Waals surface area (Å²) in [6, 6.07) is -1.82. The van der Waals surface area contributed by atoms with Crippen molar-refractivity contribution in [2.24, 2.45) is 11.5 Å². The molecule has 0 aromatic carbocycles. The summed E-state index contributed by atoms with van der Waals surface area (Å²) in [6.07, 6.45) is 1.30. The van der Waals surface area contributed by atoms with Crippen LogP contribution in [0.1, 0.15) is 46.5 Å². The van der Waals surface area contributed by atoms with Gasteiger partial charge in [0.05, 0.1) is 6.04 Å². The third-order valence-corrected chi connectivity index (χ3v) is 3.40. The van der Waals surface area contributed by atoms with E-state index < -0.39 is 18.1 Å². The summed E-state index contributed by atoms with van der Waals surface area (Å²) in [4.78, 5) is 33.8. The van der Waals surface area contributed by atoms with Crippen molar-refractivity contribution >= 4 is 17.8 Å². The predicted molar refractivity (Wildman–Crippen MR) is 92.1 cm³/mol. The van der Waals surface area contributed by atoms with Gasteiger partial charge in [-0.05, 0) is 40.0 Å². The van der Waals surface area contributed by atoms with E-state index >= 15 is 0 Å². The Bertz CT molecular complexity index is 465. The third-order valence-electron chi connectivity index (χ3n) is 3.40. The van der Waals surface area contributed by atoms with Gasteiger partial charge in [0, 0.05) is 18.5 Å². The molecule has 0 aromatic heterocycles. The minimum atomic E-state index is -1.12. The molecule has 7 N–H and O–H groups in total. The van der Waals surface area contributed by atoms with Crippen LogP contribution < -0.4 is 22.1 Å². The van der Waals surface area contributed by atoms with Crippen LogP contribution in [0.25, 0.3) is 0 Å². The van der Waals surface area contributed by atoms with Crippen molar-refractivity contribution in [3.8, 4) is 0 Å². The number of aliphatic carboxylic acids is 1. The Hall–Kier alpha value is -1.93. The normalized spacial score (nSPS) is 15.7. The molecule has 0 fully saturated rings. The number of amides is 2. The van der Waals surface area contributed by atoms with Crippen molar-refractivity contribution in [1.29, 1.82) is 0 Å². The Kier molecular flexibility index (Phi) is 9.91. The lowest BCUT2D eigenvalue weighted by Crippen LogP contribution is -2.43. The SMILES string of the molecule is C=C(CC(C)NC(=O)CC[C@@H](N)C(=O)O)CC(C)NC(=O)[C@H](C)N. The van der Waals surface area contributed by atoms with E-state index in [1.165, 1.54) is 0 Å². The Morgan fingerprint density at radius 3 is 2.00 bits per heavy atom. The summed E-state index contributed by atoms with van der Waals surface area (Å²) < 4.78 is 0. The highest BCUT2D eigenvalue weighted by atomic mass is 16.4. The van der Waals surface area contributed by atoms with E-state index in [9.17, 15) is 14.4 Å². The van der Waals surface area contributed by atoms with Crippen molar-refractivity contribution in [2.45, 2.75) is 70.6 Å². The molecule has 0 bridgehead atoms. The standard InChI is InChI=1S/C16H30N4O4/c1-9(8-11(3)20-15(22)12(4)17)7-10(2)19-14(21)6-5-13(18)16(23)24/h10-13H,1,5-8,17-18H2,2-4H3,(H,19,21)(H,20,22)(H,23,24)/t10?,11?,12-,13+/m0/s1. The van der Waals surface area contributed by atoms with Crippen molar-refractivity contribution in [2.75, 3.05) is 0 Å². The molecular weight excluding hydrogens is 312 g/mol. The molecule has 8 heteroatoms. The van der Waals surface area contributed by atoms with Gasteiger partial charge < -0.3 is 27.2 Å². The zero-order valence-electron chi connectivity index (χ0n) is 14.7. The van der Waals surface area contributed by atoms with Crippen molar-refractivity contribution in [1.82, 2.24) is 10.6 Å². The molecule has 2 unspecified atom stereocenters. The van der Waals surface area contributed by atoms with Gasteiger partial charge in [-0.1, -0.05) is 12.2 Å². The summed E-state index contributed by atoms with van der Waals surface area (Å²) in [7, 11) is 0. The quantitative estimate of drug-likeness (QED) is 0.330. The number of carbonyl (C=O) groups excluding carboxylic acids is 2. The fourth-order valence-electron chi connectivity index (χ4n) is 2.18. The van der Waals surface area contributed by atoms with E-state index in [-0.39, 0.29) is 36.7 Å². The highest BCUT2D eigenvalue weighted by Crippen LogP contribution is 2.11. The molecular formula is C16H30N4O4. The average Bonchev–Trinajstić information content (AvgIpc) is 2.43. The first-order valence-corrected chi connectivity index (χ1v) is 8.03. The molecule has 0 spiro atoms. The first kappa shape index (κ1) is 22.1. The topological polar surface area (TPSA) is 148 Å². The largest absolute Gasteiger partial charge is 0.480 e. The second-order valence-electron chi connectivity index (χ2n) is 6.31. The minimum Gasteiger partial charge on any atom is -0.480 e. The van der Waals surface area contributed by atoms with Gasteiger partial charge in [-0.3, -0.25) is 14.4 Å². The molecule has 0 saturated heterocycles. The van der Waals surface area contributed by atoms with Crippen LogP contribution in [0, 0.1) is 0 Å². The molecule has 0 rings (SSSR count). The second-order valence-corrected chi connectivity index (χ2v) is 6.31. The van der Waals surface area contributed by atoms with Gasteiger partial charge in [0.2, 0.25) is 11.8 Å².